The van der Waals surface area contributed by atoms with Gasteiger partial charge in [0.05, 0.1) is 8.66 Å². The molecule has 0 fully saturated rings. The summed E-state index contributed by atoms with van der Waals surface area (Å²) >= 11 is 4.77. The van der Waals surface area contributed by atoms with Crippen molar-refractivity contribution in [1.82, 2.24) is 10.6 Å². The molecule has 0 unspecified atom stereocenters. The SMILES string of the molecule is CNCCCNC(=O)c1ccc(Br)s1. The van der Waals surface area contributed by atoms with Crippen molar-refractivity contribution in [1.29, 1.82) is 0 Å². The molecule has 0 aliphatic rings. The van der Waals surface area contributed by atoms with Gasteiger partial charge in [-0.1, -0.05) is 0 Å². The van der Waals surface area contributed by atoms with Crippen LogP contribution in [0.25, 0.3) is 0 Å². The van der Waals surface area contributed by atoms with Gasteiger partial charge >= 0.3 is 0 Å². The van der Waals surface area contributed by atoms with Crippen molar-refractivity contribution in [2.24, 2.45) is 0 Å². The highest BCUT2D eigenvalue weighted by Crippen LogP contribution is 2.21. The molecular weight excluding hydrogens is 264 g/mol. The molecule has 0 aromatic carbocycles. The molecule has 0 aliphatic carbocycles. The number of hydrogen-bond donors (Lipinski definition) is 2. The molecule has 0 radical (unpaired) electrons. The van der Waals surface area contributed by atoms with E-state index in [0.29, 0.717) is 0 Å². The van der Waals surface area contributed by atoms with E-state index in [1.54, 1.807) is 0 Å². The lowest BCUT2D eigenvalue weighted by molar-refractivity contribution is 0.0957. The van der Waals surface area contributed by atoms with Crippen molar-refractivity contribution >= 4 is 33.2 Å². The van der Waals surface area contributed by atoms with E-state index >= 15 is 0 Å². The summed E-state index contributed by atoms with van der Waals surface area (Å²) in [5.41, 5.74) is 0. The number of rotatable bonds is 5. The third-order valence-corrected chi connectivity index (χ3v) is 3.31. The average molecular weight is 277 g/mol. The van der Waals surface area contributed by atoms with Crippen molar-refractivity contribution in [3.8, 4) is 0 Å². The first-order valence-electron chi connectivity index (χ1n) is 4.42. The van der Waals surface area contributed by atoms with Gasteiger partial charge in [0.1, 0.15) is 0 Å². The van der Waals surface area contributed by atoms with E-state index in [1.807, 2.05) is 19.2 Å². The van der Waals surface area contributed by atoms with Gasteiger partial charge < -0.3 is 10.6 Å². The fraction of sp³-hybridized carbons (Fsp3) is 0.444. The van der Waals surface area contributed by atoms with Crippen LogP contribution < -0.4 is 10.6 Å². The van der Waals surface area contributed by atoms with Crippen LogP contribution in [-0.2, 0) is 0 Å². The van der Waals surface area contributed by atoms with Crippen LogP contribution in [0.3, 0.4) is 0 Å². The molecule has 1 aromatic heterocycles. The van der Waals surface area contributed by atoms with Crippen molar-refractivity contribution < 1.29 is 4.79 Å². The maximum absolute atomic E-state index is 11.5. The van der Waals surface area contributed by atoms with Crippen molar-refractivity contribution in [2.75, 3.05) is 20.1 Å². The second kappa shape index (κ2) is 6.16. The topological polar surface area (TPSA) is 41.1 Å². The summed E-state index contributed by atoms with van der Waals surface area (Å²) in [7, 11) is 1.90. The molecule has 5 heteroatoms. The quantitative estimate of drug-likeness (QED) is 0.806. The third kappa shape index (κ3) is 3.77. The number of carbonyl (C=O) groups excluding carboxylic acids is 1. The van der Waals surface area contributed by atoms with Gasteiger partial charge in [-0.25, -0.2) is 0 Å². The van der Waals surface area contributed by atoms with E-state index in [1.165, 1.54) is 11.3 Å². The summed E-state index contributed by atoms with van der Waals surface area (Å²) in [6.07, 6.45) is 0.953. The third-order valence-electron chi connectivity index (χ3n) is 1.69. The number of carbonyl (C=O) groups is 1. The van der Waals surface area contributed by atoms with Gasteiger partial charge in [-0.15, -0.1) is 11.3 Å². The Hall–Kier alpha value is -0.390. The van der Waals surface area contributed by atoms with Crippen LogP contribution in [0.15, 0.2) is 15.9 Å². The van der Waals surface area contributed by atoms with Crippen LogP contribution >= 0.6 is 27.3 Å². The van der Waals surface area contributed by atoms with E-state index in [9.17, 15) is 4.79 Å². The van der Waals surface area contributed by atoms with Gasteiger partial charge in [-0.3, -0.25) is 4.79 Å². The molecule has 1 amide bonds. The summed E-state index contributed by atoms with van der Waals surface area (Å²) in [6, 6.07) is 3.70. The Morgan fingerprint density at radius 2 is 2.29 bits per heavy atom. The Morgan fingerprint density at radius 1 is 1.50 bits per heavy atom. The van der Waals surface area contributed by atoms with Crippen molar-refractivity contribution in [3.63, 3.8) is 0 Å². The van der Waals surface area contributed by atoms with Crippen molar-refractivity contribution in [2.45, 2.75) is 6.42 Å². The molecule has 1 rings (SSSR count). The highest BCUT2D eigenvalue weighted by atomic mass is 79.9. The Labute approximate surface area is 96.0 Å². The van der Waals surface area contributed by atoms with Gasteiger partial charge in [0.15, 0.2) is 0 Å². The Balaban J connectivity index is 2.29. The normalized spacial score (nSPS) is 10.1. The summed E-state index contributed by atoms with van der Waals surface area (Å²) in [5.74, 6) is 0.0109. The predicted octanol–water partition coefficient (Wildman–Crippen LogP) is 1.85. The van der Waals surface area contributed by atoms with Gasteiger partial charge in [0.2, 0.25) is 0 Å². The zero-order valence-corrected chi connectivity index (χ0v) is 10.4. The number of amides is 1. The van der Waals surface area contributed by atoms with Gasteiger partial charge in [0.25, 0.3) is 5.91 Å². The van der Waals surface area contributed by atoms with Crippen molar-refractivity contribution in [3.05, 3.63) is 20.8 Å². The molecule has 0 saturated heterocycles. The minimum atomic E-state index is 0.0109. The number of hydrogen-bond acceptors (Lipinski definition) is 3. The lowest BCUT2D eigenvalue weighted by atomic mass is 10.4. The van der Waals surface area contributed by atoms with E-state index in [4.69, 9.17) is 0 Å². The van der Waals surface area contributed by atoms with Crippen LogP contribution in [0.2, 0.25) is 0 Å². The summed E-state index contributed by atoms with van der Waals surface area (Å²) in [4.78, 5) is 12.2. The molecule has 3 nitrogen and oxygen atoms in total. The first-order valence-corrected chi connectivity index (χ1v) is 6.03. The molecule has 0 saturated carbocycles. The first kappa shape index (κ1) is 11.7. The standard InChI is InChI=1S/C9H13BrN2OS/c1-11-5-2-6-12-9(13)7-3-4-8(10)14-7/h3-4,11H,2,5-6H2,1H3,(H,12,13). The highest BCUT2D eigenvalue weighted by Gasteiger charge is 2.06. The summed E-state index contributed by atoms with van der Waals surface area (Å²) < 4.78 is 0.984. The second-order valence-electron chi connectivity index (χ2n) is 2.82. The number of nitrogens with one attached hydrogen (secondary N) is 2. The zero-order chi connectivity index (χ0) is 10.4. The number of thiophene rings is 1. The molecule has 0 atom stereocenters. The zero-order valence-electron chi connectivity index (χ0n) is 7.97. The summed E-state index contributed by atoms with van der Waals surface area (Å²) in [6.45, 7) is 1.64. The van der Waals surface area contributed by atoms with E-state index in [2.05, 4.69) is 26.6 Å². The molecule has 0 bridgehead atoms. The Kier molecular flexibility index (Phi) is 5.14. The molecular formula is C9H13BrN2OS. The fourth-order valence-electron chi connectivity index (χ4n) is 0.991. The maximum atomic E-state index is 11.5. The monoisotopic (exact) mass is 276 g/mol. The molecule has 0 aliphatic heterocycles. The largest absolute Gasteiger partial charge is 0.351 e. The molecule has 2 N–H and O–H groups in total. The predicted molar refractivity (Wildman–Crippen MR) is 62.9 cm³/mol. The maximum Gasteiger partial charge on any atom is 0.261 e. The summed E-state index contributed by atoms with van der Waals surface area (Å²) in [5, 5.41) is 5.89. The van der Waals surface area contributed by atoms with Crippen LogP contribution in [0.1, 0.15) is 16.1 Å². The molecule has 14 heavy (non-hydrogen) atoms. The van der Waals surface area contributed by atoms with Gasteiger partial charge in [0, 0.05) is 6.54 Å². The van der Waals surface area contributed by atoms with Gasteiger partial charge in [-0.2, -0.15) is 0 Å². The van der Waals surface area contributed by atoms with Gasteiger partial charge in [-0.05, 0) is 48.1 Å². The van der Waals surface area contributed by atoms with Crippen LogP contribution in [0, 0.1) is 0 Å². The molecule has 78 valence electrons. The first-order chi connectivity index (χ1) is 6.74. The molecule has 1 heterocycles. The smallest absolute Gasteiger partial charge is 0.261 e. The molecule has 0 spiro atoms. The lowest BCUT2D eigenvalue weighted by Gasteiger charge is -2.02. The van der Waals surface area contributed by atoms with Crippen LogP contribution in [0.4, 0.5) is 0 Å². The fourth-order valence-corrected chi connectivity index (χ4v) is 2.29. The molecule has 1 aromatic rings. The number of halogens is 1. The van der Waals surface area contributed by atoms with E-state index < -0.39 is 0 Å². The lowest BCUT2D eigenvalue weighted by Crippen LogP contribution is -2.25. The van der Waals surface area contributed by atoms with E-state index in [0.717, 1.165) is 28.2 Å². The van der Waals surface area contributed by atoms with E-state index in [-0.39, 0.29) is 5.91 Å². The van der Waals surface area contributed by atoms with Crippen LogP contribution in [0.5, 0.6) is 0 Å². The highest BCUT2D eigenvalue weighted by molar-refractivity contribution is 9.11. The second-order valence-corrected chi connectivity index (χ2v) is 5.28. The minimum Gasteiger partial charge on any atom is -0.351 e. The Morgan fingerprint density at radius 3 is 2.86 bits per heavy atom. The Bertz CT molecular complexity index is 301. The van der Waals surface area contributed by atoms with Crippen LogP contribution in [-0.4, -0.2) is 26.0 Å². The average Bonchev–Trinajstić information content (AvgIpc) is 2.59. The minimum absolute atomic E-state index is 0.0109.